The fraction of sp³-hybridized carbons (Fsp3) is 0.385. The van der Waals surface area contributed by atoms with Gasteiger partial charge in [-0.1, -0.05) is 0 Å². The highest BCUT2D eigenvalue weighted by atomic mass is 16.5. The molecule has 0 saturated carbocycles. The molecule has 0 bridgehead atoms. The van der Waals surface area contributed by atoms with E-state index in [2.05, 4.69) is 0 Å². The lowest BCUT2D eigenvalue weighted by molar-refractivity contribution is -0.127. The lowest BCUT2D eigenvalue weighted by Gasteiger charge is -2.29. The number of ether oxygens (including phenoxy) is 2. The Bertz CT molecular complexity index is 464. The second kappa shape index (κ2) is 5.52. The highest BCUT2D eigenvalue weighted by Crippen LogP contribution is 2.22. The topological polar surface area (TPSA) is 62.6 Å². The zero-order chi connectivity index (χ0) is 13.0. The molecule has 1 unspecified atom stereocenters. The number of nitriles is 1. The first-order chi connectivity index (χ1) is 8.74. The Kier molecular flexibility index (Phi) is 3.80. The number of rotatable bonds is 3. The highest BCUT2D eigenvalue weighted by Gasteiger charge is 2.27. The van der Waals surface area contributed by atoms with Gasteiger partial charge in [0.05, 0.1) is 19.2 Å². The van der Waals surface area contributed by atoms with Gasteiger partial charge in [0.2, 0.25) is 0 Å². The molecule has 1 heterocycles. The van der Waals surface area contributed by atoms with E-state index in [1.807, 2.05) is 37.3 Å². The second-order valence-corrected chi connectivity index (χ2v) is 3.86. The number of anilines is 1. The Morgan fingerprint density at radius 3 is 2.83 bits per heavy atom. The SMILES string of the molecule is CCOc1ccc(N2CC(C#N)OCC2=O)cc1. The molecule has 0 aliphatic carbocycles. The standard InChI is InChI=1S/C13H14N2O3/c1-2-17-11-5-3-10(4-6-11)15-8-12(7-14)18-9-13(15)16/h3-6,12H,2,8-9H2,1H3. The van der Waals surface area contributed by atoms with Crippen molar-refractivity contribution < 1.29 is 14.3 Å². The summed E-state index contributed by atoms with van der Waals surface area (Å²) in [6.45, 7) is 2.73. The first-order valence-electron chi connectivity index (χ1n) is 5.79. The predicted molar refractivity (Wildman–Crippen MR) is 65.3 cm³/mol. The average molecular weight is 246 g/mol. The van der Waals surface area contributed by atoms with E-state index in [1.54, 1.807) is 4.90 Å². The van der Waals surface area contributed by atoms with Gasteiger partial charge in [0, 0.05) is 5.69 Å². The monoisotopic (exact) mass is 246 g/mol. The Morgan fingerprint density at radius 2 is 2.22 bits per heavy atom. The van der Waals surface area contributed by atoms with Gasteiger partial charge in [-0.25, -0.2) is 0 Å². The molecule has 1 amide bonds. The fourth-order valence-corrected chi connectivity index (χ4v) is 1.79. The normalized spacial score (nSPS) is 19.4. The Balaban J connectivity index is 2.14. The van der Waals surface area contributed by atoms with Crippen LogP contribution in [0, 0.1) is 11.3 Å². The van der Waals surface area contributed by atoms with Crippen molar-refractivity contribution in [3.05, 3.63) is 24.3 Å². The van der Waals surface area contributed by atoms with Crippen LogP contribution in [0.3, 0.4) is 0 Å². The quantitative estimate of drug-likeness (QED) is 0.807. The van der Waals surface area contributed by atoms with E-state index in [0.29, 0.717) is 6.61 Å². The number of morpholine rings is 1. The molecule has 1 aliphatic heterocycles. The van der Waals surface area contributed by atoms with Crippen LogP contribution in [-0.4, -0.2) is 31.8 Å². The van der Waals surface area contributed by atoms with Crippen LogP contribution in [0.1, 0.15) is 6.92 Å². The van der Waals surface area contributed by atoms with Crippen LogP contribution in [-0.2, 0) is 9.53 Å². The Morgan fingerprint density at radius 1 is 1.50 bits per heavy atom. The number of hydrogen-bond donors (Lipinski definition) is 0. The highest BCUT2D eigenvalue weighted by molar-refractivity contribution is 5.95. The molecular weight excluding hydrogens is 232 g/mol. The third kappa shape index (κ3) is 2.60. The molecule has 1 aromatic carbocycles. The van der Waals surface area contributed by atoms with Crippen LogP contribution in [0.5, 0.6) is 5.75 Å². The first-order valence-corrected chi connectivity index (χ1v) is 5.79. The van der Waals surface area contributed by atoms with Gasteiger partial charge < -0.3 is 14.4 Å². The maximum absolute atomic E-state index is 11.7. The molecule has 0 N–H and O–H groups in total. The van der Waals surface area contributed by atoms with Crippen molar-refractivity contribution in [3.63, 3.8) is 0 Å². The van der Waals surface area contributed by atoms with Crippen LogP contribution in [0.25, 0.3) is 0 Å². The summed E-state index contributed by atoms with van der Waals surface area (Å²) < 4.78 is 10.4. The van der Waals surface area contributed by atoms with Gasteiger partial charge in [0.15, 0.2) is 6.10 Å². The Labute approximate surface area is 106 Å². The van der Waals surface area contributed by atoms with Crippen molar-refractivity contribution in [2.75, 3.05) is 24.7 Å². The summed E-state index contributed by atoms with van der Waals surface area (Å²) in [5, 5.41) is 8.82. The van der Waals surface area contributed by atoms with Gasteiger partial charge in [-0.2, -0.15) is 5.26 Å². The van der Waals surface area contributed by atoms with Gasteiger partial charge in [-0.3, -0.25) is 4.79 Å². The molecule has 0 aromatic heterocycles. The van der Waals surface area contributed by atoms with Gasteiger partial charge in [-0.05, 0) is 31.2 Å². The number of hydrogen-bond acceptors (Lipinski definition) is 4. The van der Waals surface area contributed by atoms with Gasteiger partial charge in [0.1, 0.15) is 12.4 Å². The molecule has 1 aliphatic rings. The maximum atomic E-state index is 11.7. The number of amides is 1. The molecule has 5 heteroatoms. The van der Waals surface area contributed by atoms with E-state index >= 15 is 0 Å². The number of carbonyl (C=O) groups excluding carboxylic acids is 1. The van der Waals surface area contributed by atoms with E-state index < -0.39 is 6.10 Å². The molecule has 0 spiro atoms. The van der Waals surface area contributed by atoms with Crippen molar-refractivity contribution in [3.8, 4) is 11.8 Å². The maximum Gasteiger partial charge on any atom is 0.253 e. The Hall–Kier alpha value is -2.06. The lowest BCUT2D eigenvalue weighted by atomic mass is 10.2. The van der Waals surface area contributed by atoms with Crippen molar-refractivity contribution >= 4 is 11.6 Å². The zero-order valence-electron chi connectivity index (χ0n) is 10.1. The summed E-state index contributed by atoms with van der Waals surface area (Å²) in [6.07, 6.45) is -0.561. The molecule has 2 rings (SSSR count). The van der Waals surface area contributed by atoms with Crippen LogP contribution in [0.4, 0.5) is 5.69 Å². The molecule has 1 fully saturated rings. The van der Waals surface area contributed by atoms with E-state index in [0.717, 1.165) is 11.4 Å². The smallest absolute Gasteiger partial charge is 0.253 e. The summed E-state index contributed by atoms with van der Waals surface area (Å²) in [5.41, 5.74) is 0.756. The van der Waals surface area contributed by atoms with Crippen molar-refractivity contribution in [2.45, 2.75) is 13.0 Å². The summed E-state index contributed by atoms with van der Waals surface area (Å²) in [6, 6.07) is 9.25. The van der Waals surface area contributed by atoms with Gasteiger partial charge >= 0.3 is 0 Å². The minimum absolute atomic E-state index is 0.0502. The third-order valence-corrected chi connectivity index (χ3v) is 2.66. The largest absolute Gasteiger partial charge is 0.494 e. The first kappa shape index (κ1) is 12.4. The van der Waals surface area contributed by atoms with E-state index in [1.165, 1.54) is 0 Å². The predicted octanol–water partition coefficient (Wildman–Crippen LogP) is 1.34. The number of benzene rings is 1. The van der Waals surface area contributed by atoms with E-state index in [9.17, 15) is 4.79 Å². The van der Waals surface area contributed by atoms with E-state index in [-0.39, 0.29) is 19.1 Å². The van der Waals surface area contributed by atoms with Crippen LogP contribution in [0.15, 0.2) is 24.3 Å². The molecule has 1 atom stereocenters. The molecule has 5 nitrogen and oxygen atoms in total. The van der Waals surface area contributed by atoms with Crippen molar-refractivity contribution in [2.24, 2.45) is 0 Å². The summed E-state index contributed by atoms with van der Waals surface area (Å²) >= 11 is 0. The molecule has 94 valence electrons. The van der Waals surface area contributed by atoms with Crippen LogP contribution < -0.4 is 9.64 Å². The second-order valence-electron chi connectivity index (χ2n) is 3.86. The summed E-state index contributed by atoms with van der Waals surface area (Å²) in [7, 11) is 0. The average Bonchev–Trinajstić information content (AvgIpc) is 2.41. The number of nitrogens with zero attached hydrogens (tertiary/aromatic N) is 2. The van der Waals surface area contributed by atoms with Crippen molar-refractivity contribution in [1.82, 2.24) is 0 Å². The molecular formula is C13H14N2O3. The van der Waals surface area contributed by atoms with Crippen LogP contribution in [0.2, 0.25) is 0 Å². The zero-order valence-corrected chi connectivity index (χ0v) is 10.1. The van der Waals surface area contributed by atoms with E-state index in [4.69, 9.17) is 14.7 Å². The number of carbonyl (C=O) groups is 1. The summed E-state index contributed by atoms with van der Waals surface area (Å²) in [5.74, 6) is 0.629. The minimum atomic E-state index is -0.561. The van der Waals surface area contributed by atoms with Crippen molar-refractivity contribution in [1.29, 1.82) is 5.26 Å². The lowest BCUT2D eigenvalue weighted by Crippen LogP contribution is -2.46. The molecule has 1 aromatic rings. The van der Waals surface area contributed by atoms with Gasteiger partial charge in [-0.15, -0.1) is 0 Å². The third-order valence-electron chi connectivity index (χ3n) is 2.66. The fourth-order valence-electron chi connectivity index (χ4n) is 1.79. The molecule has 0 radical (unpaired) electrons. The van der Waals surface area contributed by atoms with Crippen LogP contribution >= 0.6 is 0 Å². The summed E-state index contributed by atoms with van der Waals surface area (Å²) in [4.78, 5) is 13.3. The molecule has 18 heavy (non-hydrogen) atoms. The minimum Gasteiger partial charge on any atom is -0.494 e. The molecule has 1 saturated heterocycles. The van der Waals surface area contributed by atoms with Gasteiger partial charge in [0.25, 0.3) is 5.91 Å².